The third-order valence-electron chi connectivity index (χ3n) is 3.98. The zero-order valence-corrected chi connectivity index (χ0v) is 13.0. The van der Waals surface area contributed by atoms with Crippen molar-refractivity contribution in [1.29, 1.82) is 0 Å². The van der Waals surface area contributed by atoms with E-state index in [9.17, 15) is 31.1 Å². The molecule has 0 bridgehead atoms. The molecular weight excluding hydrogens is 352 g/mol. The standard InChI is InChI=1S/C15H17F6N3O/c16-14(17,18)8-5-9(15(19,20)21)7-10(6-8)23-13(25)24-12-4-2-1-3-11(12)22/h5-7,11-12H,1-4,22H2,(H2,23,24,25)/t11-,12-/m1/s1. The van der Waals surface area contributed by atoms with Crippen LogP contribution in [0.25, 0.3) is 0 Å². The van der Waals surface area contributed by atoms with Gasteiger partial charge in [-0.25, -0.2) is 4.79 Å². The van der Waals surface area contributed by atoms with Crippen molar-refractivity contribution < 1.29 is 31.1 Å². The van der Waals surface area contributed by atoms with Gasteiger partial charge in [-0.1, -0.05) is 12.8 Å². The molecule has 10 heteroatoms. The third-order valence-corrected chi connectivity index (χ3v) is 3.98. The van der Waals surface area contributed by atoms with Crippen molar-refractivity contribution in [2.75, 3.05) is 5.32 Å². The lowest BCUT2D eigenvalue weighted by Crippen LogP contribution is -2.50. The number of carbonyl (C=O) groups excluding carboxylic acids is 1. The molecule has 2 amide bonds. The minimum atomic E-state index is -4.97. The average molecular weight is 369 g/mol. The average Bonchev–Trinajstić information content (AvgIpc) is 2.47. The Bertz CT molecular complexity index is 596. The van der Waals surface area contributed by atoms with E-state index in [1.807, 2.05) is 5.32 Å². The molecule has 0 aliphatic heterocycles. The predicted octanol–water partition coefficient (Wildman–Crippen LogP) is 4.12. The summed E-state index contributed by atoms with van der Waals surface area (Å²) in [4.78, 5) is 11.9. The maximum Gasteiger partial charge on any atom is 0.416 e. The number of nitrogens with one attached hydrogen (secondary N) is 2. The second-order valence-corrected chi connectivity index (χ2v) is 5.95. The van der Waals surface area contributed by atoms with Gasteiger partial charge < -0.3 is 16.4 Å². The van der Waals surface area contributed by atoms with E-state index in [4.69, 9.17) is 5.73 Å². The number of urea groups is 1. The molecule has 0 aromatic heterocycles. The second-order valence-electron chi connectivity index (χ2n) is 5.95. The van der Waals surface area contributed by atoms with E-state index in [2.05, 4.69) is 5.32 Å². The van der Waals surface area contributed by atoms with Crippen molar-refractivity contribution in [3.05, 3.63) is 29.3 Å². The van der Waals surface area contributed by atoms with Crippen molar-refractivity contribution in [2.24, 2.45) is 5.73 Å². The van der Waals surface area contributed by atoms with Gasteiger partial charge in [0.15, 0.2) is 0 Å². The molecule has 2 atom stereocenters. The molecule has 2 rings (SSSR count). The van der Waals surface area contributed by atoms with Crippen molar-refractivity contribution in [3.63, 3.8) is 0 Å². The van der Waals surface area contributed by atoms with Gasteiger partial charge >= 0.3 is 18.4 Å². The van der Waals surface area contributed by atoms with Crippen molar-refractivity contribution in [3.8, 4) is 0 Å². The summed E-state index contributed by atoms with van der Waals surface area (Å²) < 4.78 is 76.7. The lowest BCUT2D eigenvalue weighted by atomic mass is 9.91. The van der Waals surface area contributed by atoms with Crippen LogP contribution in [0.15, 0.2) is 18.2 Å². The minimum Gasteiger partial charge on any atom is -0.334 e. The molecule has 1 saturated carbocycles. The maximum atomic E-state index is 12.8. The van der Waals surface area contributed by atoms with Crippen LogP contribution in [-0.2, 0) is 12.4 Å². The number of hydrogen-bond donors (Lipinski definition) is 3. The maximum absolute atomic E-state index is 12.8. The summed E-state index contributed by atoms with van der Waals surface area (Å²) in [6, 6.07) is -0.658. The molecule has 1 aromatic rings. The summed E-state index contributed by atoms with van der Waals surface area (Å²) in [5.74, 6) is 0. The quantitative estimate of drug-likeness (QED) is 0.687. The SMILES string of the molecule is N[C@@H]1CCCC[C@H]1NC(=O)Nc1cc(C(F)(F)F)cc(C(F)(F)F)c1. The van der Waals surface area contributed by atoms with Crippen LogP contribution in [0.3, 0.4) is 0 Å². The van der Waals surface area contributed by atoms with E-state index in [0.717, 1.165) is 12.8 Å². The summed E-state index contributed by atoms with van der Waals surface area (Å²) in [6.07, 6.45) is -6.92. The first-order chi connectivity index (χ1) is 11.5. The Morgan fingerprint density at radius 3 is 1.96 bits per heavy atom. The molecule has 0 heterocycles. The number of carbonyl (C=O) groups is 1. The van der Waals surface area contributed by atoms with Crippen LogP contribution in [0.1, 0.15) is 36.8 Å². The van der Waals surface area contributed by atoms with Gasteiger partial charge in [0.1, 0.15) is 0 Å². The smallest absolute Gasteiger partial charge is 0.334 e. The lowest BCUT2D eigenvalue weighted by Gasteiger charge is -2.29. The van der Waals surface area contributed by atoms with Crippen LogP contribution in [0.5, 0.6) is 0 Å². The van der Waals surface area contributed by atoms with Crippen LogP contribution >= 0.6 is 0 Å². The van der Waals surface area contributed by atoms with E-state index >= 15 is 0 Å². The van der Waals surface area contributed by atoms with Gasteiger partial charge in [0.2, 0.25) is 0 Å². The summed E-state index contributed by atoms with van der Waals surface area (Å²) >= 11 is 0. The molecule has 1 aromatic carbocycles. The fourth-order valence-corrected chi connectivity index (χ4v) is 2.70. The van der Waals surface area contributed by atoms with Crippen molar-refractivity contribution >= 4 is 11.7 Å². The summed E-state index contributed by atoms with van der Waals surface area (Å²) in [5.41, 5.74) is 2.26. The number of halogens is 6. The normalized spacial score (nSPS) is 21.7. The molecule has 1 fully saturated rings. The number of rotatable bonds is 2. The van der Waals surface area contributed by atoms with Gasteiger partial charge in [-0.15, -0.1) is 0 Å². The largest absolute Gasteiger partial charge is 0.416 e. The zero-order chi connectivity index (χ0) is 18.8. The Balaban J connectivity index is 2.18. The Morgan fingerprint density at radius 1 is 0.960 bits per heavy atom. The lowest BCUT2D eigenvalue weighted by molar-refractivity contribution is -0.143. The number of benzene rings is 1. The van der Waals surface area contributed by atoms with Crippen LogP contribution in [0.4, 0.5) is 36.8 Å². The summed E-state index contributed by atoms with van der Waals surface area (Å²) in [5, 5.41) is 4.53. The van der Waals surface area contributed by atoms with Crippen LogP contribution in [0, 0.1) is 0 Å². The molecule has 0 radical (unpaired) electrons. The molecule has 140 valence electrons. The minimum absolute atomic E-state index is 0.000133. The van der Waals surface area contributed by atoms with Crippen LogP contribution in [0.2, 0.25) is 0 Å². The van der Waals surface area contributed by atoms with Gasteiger partial charge in [0.25, 0.3) is 0 Å². The molecule has 4 N–H and O–H groups in total. The van der Waals surface area contributed by atoms with E-state index in [1.165, 1.54) is 0 Å². The first-order valence-corrected chi connectivity index (χ1v) is 7.59. The van der Waals surface area contributed by atoms with Gasteiger partial charge in [0, 0.05) is 17.8 Å². The molecule has 4 nitrogen and oxygen atoms in total. The van der Waals surface area contributed by atoms with Gasteiger partial charge in [-0.05, 0) is 31.0 Å². The van der Waals surface area contributed by atoms with Gasteiger partial charge in [0.05, 0.1) is 11.1 Å². The highest BCUT2D eigenvalue weighted by Crippen LogP contribution is 2.37. The van der Waals surface area contributed by atoms with Gasteiger partial charge in [-0.2, -0.15) is 26.3 Å². The number of anilines is 1. The van der Waals surface area contributed by atoms with E-state index in [-0.39, 0.29) is 18.2 Å². The second kappa shape index (κ2) is 7.11. The first-order valence-electron chi connectivity index (χ1n) is 7.59. The van der Waals surface area contributed by atoms with E-state index < -0.39 is 35.2 Å². The van der Waals surface area contributed by atoms with Crippen molar-refractivity contribution in [1.82, 2.24) is 5.32 Å². The monoisotopic (exact) mass is 369 g/mol. The van der Waals surface area contributed by atoms with Crippen molar-refractivity contribution in [2.45, 2.75) is 50.1 Å². The topological polar surface area (TPSA) is 67.1 Å². The zero-order valence-electron chi connectivity index (χ0n) is 13.0. The molecule has 25 heavy (non-hydrogen) atoms. The molecule has 0 unspecified atom stereocenters. The van der Waals surface area contributed by atoms with Gasteiger partial charge in [-0.3, -0.25) is 0 Å². The third kappa shape index (κ3) is 5.25. The molecule has 0 spiro atoms. The summed E-state index contributed by atoms with van der Waals surface area (Å²) in [7, 11) is 0. The Labute approximate surface area is 139 Å². The predicted molar refractivity (Wildman–Crippen MR) is 78.8 cm³/mol. The number of alkyl halides is 6. The van der Waals surface area contributed by atoms with Crippen LogP contribution in [-0.4, -0.2) is 18.1 Å². The fourth-order valence-electron chi connectivity index (χ4n) is 2.70. The fraction of sp³-hybridized carbons (Fsp3) is 0.533. The number of amides is 2. The molecule has 1 aliphatic carbocycles. The number of nitrogens with two attached hydrogens (primary N) is 1. The highest BCUT2D eigenvalue weighted by Gasteiger charge is 2.37. The Hall–Kier alpha value is -1.97. The van der Waals surface area contributed by atoms with E-state index in [0.29, 0.717) is 25.0 Å². The Morgan fingerprint density at radius 2 is 1.48 bits per heavy atom. The molecular formula is C15H17F6N3O. The molecule has 0 saturated heterocycles. The first kappa shape index (κ1) is 19.4. The van der Waals surface area contributed by atoms with E-state index in [1.54, 1.807) is 0 Å². The van der Waals surface area contributed by atoms with Crippen LogP contribution < -0.4 is 16.4 Å². The summed E-state index contributed by atoms with van der Waals surface area (Å²) in [6.45, 7) is 0. The Kier molecular flexibility index (Phi) is 5.50. The highest BCUT2D eigenvalue weighted by atomic mass is 19.4. The highest BCUT2D eigenvalue weighted by molar-refractivity contribution is 5.89. The molecule has 1 aliphatic rings. The number of hydrogen-bond acceptors (Lipinski definition) is 2.